The van der Waals surface area contributed by atoms with Gasteiger partial charge in [0.15, 0.2) is 5.78 Å². The normalized spacial score (nSPS) is 18.3. The largest absolute Gasteiger partial charge is 0.512 e. The van der Waals surface area contributed by atoms with Crippen molar-refractivity contribution in [1.29, 1.82) is 0 Å². The van der Waals surface area contributed by atoms with Crippen LogP contribution in [0.15, 0.2) is 41.0 Å². The number of aliphatic hydroxyl groups excluding tert-OH is 1. The molecule has 1 N–H and O–H groups in total. The second kappa shape index (κ2) is 8.70. The van der Waals surface area contributed by atoms with Crippen LogP contribution in [0.25, 0.3) is 5.57 Å². The van der Waals surface area contributed by atoms with Crippen LogP contribution in [-0.4, -0.2) is 16.6 Å². The zero-order valence-corrected chi connectivity index (χ0v) is 18.0. The third-order valence-electron chi connectivity index (χ3n) is 5.55. The predicted octanol–water partition coefficient (Wildman–Crippen LogP) is 6.57. The maximum absolute atomic E-state index is 13.4. The Morgan fingerprint density at radius 2 is 1.62 bits per heavy atom. The number of halogens is 2. The lowest BCUT2D eigenvalue weighted by Gasteiger charge is -2.29. The highest BCUT2D eigenvalue weighted by Gasteiger charge is 2.32. The molecule has 3 rings (SSSR count). The van der Waals surface area contributed by atoms with Crippen molar-refractivity contribution in [2.45, 2.75) is 45.4 Å². The summed E-state index contributed by atoms with van der Waals surface area (Å²) in [6.07, 6.45) is 0.804. The summed E-state index contributed by atoms with van der Waals surface area (Å²) in [5.41, 5.74) is 4.40. The molecule has 2 aromatic carbocycles. The monoisotopic (exact) mass is 416 g/mol. The Balaban J connectivity index is 1.76. The van der Waals surface area contributed by atoms with E-state index in [4.69, 9.17) is 0 Å². The summed E-state index contributed by atoms with van der Waals surface area (Å²) in [5.74, 6) is -0.351. The number of hydrogen-bond donors (Lipinski definition) is 1. The lowest BCUT2D eigenvalue weighted by atomic mass is 9.77. The van der Waals surface area contributed by atoms with Crippen molar-refractivity contribution < 1.29 is 18.7 Å². The predicted molar refractivity (Wildman–Crippen MR) is 114 cm³/mol. The van der Waals surface area contributed by atoms with Crippen LogP contribution in [0.5, 0.6) is 0 Å². The summed E-state index contributed by atoms with van der Waals surface area (Å²) in [7, 11) is 0. The summed E-state index contributed by atoms with van der Waals surface area (Å²) in [6, 6.07) is 7.53. The SMILES string of the molecule is Cc1cc(C)c(C2=C(O)CC(C(C)CSc3cc(F)cc(F)c3)CC2=O)c(C)c1. The van der Waals surface area contributed by atoms with E-state index in [-0.39, 0.29) is 23.4 Å². The Hall–Kier alpha value is -2.14. The second-order valence-corrected chi connectivity index (χ2v) is 9.17. The molecule has 2 aromatic rings. The van der Waals surface area contributed by atoms with E-state index >= 15 is 0 Å². The summed E-state index contributed by atoms with van der Waals surface area (Å²) < 4.78 is 26.7. The molecule has 0 aromatic heterocycles. The quantitative estimate of drug-likeness (QED) is 0.560. The van der Waals surface area contributed by atoms with Crippen molar-refractivity contribution in [3.63, 3.8) is 0 Å². The van der Waals surface area contributed by atoms with Crippen LogP contribution in [-0.2, 0) is 4.79 Å². The summed E-state index contributed by atoms with van der Waals surface area (Å²) in [4.78, 5) is 13.5. The van der Waals surface area contributed by atoms with Gasteiger partial charge in [0.05, 0.1) is 5.57 Å². The van der Waals surface area contributed by atoms with Gasteiger partial charge in [-0.05, 0) is 61.4 Å². The fourth-order valence-electron chi connectivity index (χ4n) is 4.16. The number of carbonyl (C=O) groups is 1. The fraction of sp³-hybridized carbons (Fsp3) is 0.375. The Morgan fingerprint density at radius 3 is 2.17 bits per heavy atom. The molecule has 1 aliphatic rings. The first-order valence-electron chi connectivity index (χ1n) is 9.78. The van der Waals surface area contributed by atoms with Gasteiger partial charge in [-0.15, -0.1) is 11.8 Å². The van der Waals surface area contributed by atoms with Crippen LogP contribution in [0, 0.1) is 44.2 Å². The van der Waals surface area contributed by atoms with Gasteiger partial charge in [0.2, 0.25) is 0 Å². The minimum atomic E-state index is -0.595. The number of hydrogen-bond acceptors (Lipinski definition) is 3. The number of ketones is 1. The van der Waals surface area contributed by atoms with Crippen LogP contribution in [0.4, 0.5) is 8.78 Å². The van der Waals surface area contributed by atoms with Crippen molar-refractivity contribution in [2.24, 2.45) is 11.8 Å². The second-order valence-electron chi connectivity index (χ2n) is 8.08. The van der Waals surface area contributed by atoms with Gasteiger partial charge in [-0.2, -0.15) is 0 Å². The van der Waals surface area contributed by atoms with Gasteiger partial charge >= 0.3 is 0 Å². The Kier molecular flexibility index (Phi) is 6.47. The van der Waals surface area contributed by atoms with E-state index in [1.165, 1.54) is 23.9 Å². The van der Waals surface area contributed by atoms with Crippen LogP contribution in [0.3, 0.4) is 0 Å². The minimum Gasteiger partial charge on any atom is -0.512 e. The van der Waals surface area contributed by atoms with Gasteiger partial charge < -0.3 is 5.11 Å². The minimum absolute atomic E-state index is 0.00298. The molecule has 0 aliphatic heterocycles. The van der Waals surface area contributed by atoms with Crippen molar-refractivity contribution in [3.05, 3.63) is 70.0 Å². The van der Waals surface area contributed by atoms with E-state index < -0.39 is 11.6 Å². The van der Waals surface area contributed by atoms with Gasteiger partial charge in [0.25, 0.3) is 0 Å². The number of rotatable bonds is 5. The molecular formula is C24H26F2O2S. The molecule has 2 nitrogen and oxygen atoms in total. The third-order valence-corrected chi connectivity index (χ3v) is 6.81. The molecule has 0 saturated heterocycles. The number of carbonyl (C=O) groups excluding carboxylic acids is 1. The Bertz CT molecular complexity index is 938. The smallest absolute Gasteiger partial charge is 0.167 e. The molecule has 0 radical (unpaired) electrons. The molecule has 0 heterocycles. The summed E-state index contributed by atoms with van der Waals surface area (Å²) in [5, 5.41) is 10.7. The van der Waals surface area contributed by atoms with Gasteiger partial charge in [0, 0.05) is 29.6 Å². The molecule has 0 fully saturated rings. The molecule has 0 saturated carbocycles. The van der Waals surface area contributed by atoms with Gasteiger partial charge in [-0.1, -0.05) is 24.6 Å². The summed E-state index contributed by atoms with van der Waals surface area (Å²) >= 11 is 1.37. The van der Waals surface area contributed by atoms with E-state index in [0.29, 0.717) is 29.1 Å². The number of allylic oxidation sites excluding steroid dienone is 2. The number of aliphatic hydroxyl groups is 1. The highest BCUT2D eigenvalue weighted by Crippen LogP contribution is 2.39. The highest BCUT2D eigenvalue weighted by molar-refractivity contribution is 7.99. The molecule has 0 spiro atoms. The number of aryl methyl sites for hydroxylation is 3. The number of Topliss-reactive ketones (excluding diaryl/α,β-unsaturated/α-hetero) is 1. The van der Waals surface area contributed by atoms with Crippen molar-refractivity contribution >= 4 is 23.1 Å². The third kappa shape index (κ3) is 4.89. The first-order valence-corrected chi connectivity index (χ1v) is 10.8. The molecule has 1 aliphatic carbocycles. The first kappa shape index (κ1) is 21.6. The van der Waals surface area contributed by atoms with Gasteiger partial charge in [-0.25, -0.2) is 8.78 Å². The maximum atomic E-state index is 13.4. The van der Waals surface area contributed by atoms with E-state index in [9.17, 15) is 18.7 Å². The van der Waals surface area contributed by atoms with E-state index in [1.54, 1.807) is 0 Å². The van der Waals surface area contributed by atoms with Crippen molar-refractivity contribution in [1.82, 2.24) is 0 Å². The highest BCUT2D eigenvalue weighted by atomic mass is 32.2. The molecule has 0 bridgehead atoms. The molecule has 2 unspecified atom stereocenters. The lowest BCUT2D eigenvalue weighted by Crippen LogP contribution is -2.25. The van der Waals surface area contributed by atoms with E-state index in [1.807, 2.05) is 39.8 Å². The zero-order chi connectivity index (χ0) is 21.3. The molecule has 0 amide bonds. The lowest BCUT2D eigenvalue weighted by molar-refractivity contribution is -0.115. The fourth-order valence-corrected chi connectivity index (χ4v) is 5.28. The standard InChI is InChI=1S/C24H26F2O2S/c1-13-5-14(2)23(15(3)6-13)24-21(27)7-17(8-22(24)28)16(4)12-29-20-10-18(25)9-19(26)11-20/h5-6,9-11,16-17,27H,7-8,12H2,1-4H3. The molecule has 5 heteroatoms. The zero-order valence-electron chi connectivity index (χ0n) is 17.2. The number of benzene rings is 2. The van der Waals surface area contributed by atoms with Gasteiger partial charge in [-0.3, -0.25) is 4.79 Å². The van der Waals surface area contributed by atoms with Crippen LogP contribution in [0.2, 0.25) is 0 Å². The maximum Gasteiger partial charge on any atom is 0.167 e. The topological polar surface area (TPSA) is 37.3 Å². The average molecular weight is 417 g/mol. The van der Waals surface area contributed by atoms with Crippen molar-refractivity contribution in [2.75, 3.05) is 5.75 Å². The Labute approximate surface area is 175 Å². The Morgan fingerprint density at radius 1 is 1.03 bits per heavy atom. The molecular weight excluding hydrogens is 390 g/mol. The summed E-state index contributed by atoms with van der Waals surface area (Å²) in [6.45, 7) is 7.96. The van der Waals surface area contributed by atoms with Crippen LogP contribution >= 0.6 is 11.8 Å². The molecule has 154 valence electrons. The van der Waals surface area contributed by atoms with Crippen LogP contribution < -0.4 is 0 Å². The first-order chi connectivity index (χ1) is 13.7. The van der Waals surface area contributed by atoms with Crippen molar-refractivity contribution in [3.8, 4) is 0 Å². The number of thioether (sulfide) groups is 1. The van der Waals surface area contributed by atoms with E-state index in [0.717, 1.165) is 28.3 Å². The molecule has 2 atom stereocenters. The van der Waals surface area contributed by atoms with Crippen LogP contribution in [0.1, 0.15) is 42.0 Å². The van der Waals surface area contributed by atoms with E-state index in [2.05, 4.69) is 0 Å². The molecule has 29 heavy (non-hydrogen) atoms. The average Bonchev–Trinajstić information content (AvgIpc) is 2.60. The van der Waals surface area contributed by atoms with Gasteiger partial charge in [0.1, 0.15) is 17.4 Å².